The topological polar surface area (TPSA) is 61.7 Å². The van der Waals surface area contributed by atoms with E-state index in [0.29, 0.717) is 11.6 Å². The Labute approximate surface area is 70.9 Å². The molecule has 0 aliphatic carbocycles. The Bertz CT molecular complexity index is 313. The van der Waals surface area contributed by atoms with Crippen LogP contribution in [0.2, 0.25) is 0 Å². The third-order valence-electron chi connectivity index (χ3n) is 1.61. The summed E-state index contributed by atoms with van der Waals surface area (Å²) in [7, 11) is 0. The Kier molecular flexibility index (Phi) is 2.66. The van der Waals surface area contributed by atoms with Gasteiger partial charge < -0.3 is 0 Å². The van der Waals surface area contributed by atoms with Gasteiger partial charge in [0.05, 0.1) is 5.69 Å². The fourth-order valence-corrected chi connectivity index (χ4v) is 1.02. The van der Waals surface area contributed by atoms with Crippen molar-refractivity contribution in [1.29, 1.82) is 0 Å². The molecule has 1 aromatic rings. The van der Waals surface area contributed by atoms with Crippen molar-refractivity contribution in [2.75, 3.05) is 0 Å². The molecule has 0 N–H and O–H groups in total. The summed E-state index contributed by atoms with van der Waals surface area (Å²) in [5, 5.41) is 3.55. The van der Waals surface area contributed by atoms with E-state index in [0.717, 1.165) is 5.56 Å². The highest BCUT2D eigenvalue weighted by atomic mass is 15.1. The molecule has 0 radical (unpaired) electrons. The van der Waals surface area contributed by atoms with E-state index in [9.17, 15) is 0 Å². The van der Waals surface area contributed by atoms with Gasteiger partial charge in [-0.15, -0.1) is 0 Å². The van der Waals surface area contributed by atoms with Crippen LogP contribution in [-0.4, -0.2) is 4.98 Å². The Balaban J connectivity index is 3.17. The zero-order valence-corrected chi connectivity index (χ0v) is 7.10. The summed E-state index contributed by atoms with van der Waals surface area (Å²) in [6.45, 7) is 4.09. The molecule has 0 bridgehead atoms. The molecule has 0 unspecified atom stereocenters. The van der Waals surface area contributed by atoms with Gasteiger partial charge in [0.25, 0.3) is 0 Å². The molecule has 12 heavy (non-hydrogen) atoms. The molecule has 1 aromatic heterocycles. The van der Waals surface area contributed by atoms with Gasteiger partial charge in [-0.25, -0.2) is 0 Å². The van der Waals surface area contributed by atoms with Crippen LogP contribution in [0.15, 0.2) is 23.6 Å². The summed E-state index contributed by atoms with van der Waals surface area (Å²) < 4.78 is 0. The molecule has 0 spiro atoms. The van der Waals surface area contributed by atoms with Gasteiger partial charge in [-0.2, -0.15) is 0 Å². The van der Waals surface area contributed by atoms with Crippen molar-refractivity contribution in [1.82, 2.24) is 4.98 Å². The molecule has 0 atom stereocenters. The Morgan fingerprint density at radius 2 is 2.33 bits per heavy atom. The lowest BCUT2D eigenvalue weighted by Gasteiger charge is -2.06. The second kappa shape index (κ2) is 3.74. The summed E-state index contributed by atoms with van der Waals surface area (Å²) in [6, 6.07) is 1.87. The minimum atomic E-state index is 0.355. The highest BCUT2D eigenvalue weighted by molar-refractivity contribution is 5.44. The zero-order valence-electron chi connectivity index (χ0n) is 7.10. The van der Waals surface area contributed by atoms with Crippen LogP contribution in [0, 0.1) is 0 Å². The maximum atomic E-state index is 8.26. The van der Waals surface area contributed by atoms with E-state index in [-0.39, 0.29) is 0 Å². The van der Waals surface area contributed by atoms with Crippen LogP contribution in [0.3, 0.4) is 0 Å². The number of hydrogen-bond donors (Lipinski definition) is 0. The average Bonchev–Trinajstić information content (AvgIpc) is 2.05. The summed E-state index contributed by atoms with van der Waals surface area (Å²) in [5.41, 5.74) is 9.91. The lowest BCUT2D eigenvalue weighted by atomic mass is 10.0. The number of aromatic nitrogens is 1. The fraction of sp³-hybridized carbons (Fsp3) is 0.375. The highest BCUT2D eigenvalue weighted by Crippen LogP contribution is 2.24. The number of rotatable bonds is 2. The van der Waals surface area contributed by atoms with Crippen LogP contribution < -0.4 is 0 Å². The molecule has 0 aromatic carbocycles. The van der Waals surface area contributed by atoms with Gasteiger partial charge in [0, 0.05) is 17.3 Å². The number of nitrogens with zero attached hydrogens (tertiary/aromatic N) is 4. The number of hydrogen-bond acceptors (Lipinski definition) is 2. The first kappa shape index (κ1) is 8.56. The third kappa shape index (κ3) is 1.74. The van der Waals surface area contributed by atoms with Gasteiger partial charge in [-0.3, -0.25) is 4.98 Å². The molecule has 0 aliphatic heterocycles. The minimum Gasteiger partial charge on any atom is -0.264 e. The van der Waals surface area contributed by atoms with Gasteiger partial charge in [-0.1, -0.05) is 19.0 Å². The summed E-state index contributed by atoms with van der Waals surface area (Å²) in [4.78, 5) is 6.62. The van der Waals surface area contributed by atoms with Crippen molar-refractivity contribution < 1.29 is 0 Å². The molecule has 0 amide bonds. The predicted molar refractivity (Wildman–Crippen MR) is 47.1 cm³/mol. The second-order valence-electron chi connectivity index (χ2n) is 2.78. The van der Waals surface area contributed by atoms with E-state index in [1.165, 1.54) is 0 Å². The summed E-state index contributed by atoms with van der Waals surface area (Å²) >= 11 is 0. The first-order valence-electron chi connectivity index (χ1n) is 3.74. The Morgan fingerprint density at radius 1 is 1.58 bits per heavy atom. The van der Waals surface area contributed by atoms with Crippen molar-refractivity contribution in [2.24, 2.45) is 5.11 Å². The van der Waals surface area contributed by atoms with Crippen molar-refractivity contribution in [3.8, 4) is 0 Å². The fourth-order valence-electron chi connectivity index (χ4n) is 1.02. The maximum absolute atomic E-state index is 8.26. The molecule has 0 fully saturated rings. The monoisotopic (exact) mass is 162 g/mol. The first-order valence-corrected chi connectivity index (χ1v) is 3.74. The van der Waals surface area contributed by atoms with E-state index in [1.54, 1.807) is 12.4 Å². The van der Waals surface area contributed by atoms with E-state index in [1.807, 2.05) is 19.9 Å². The van der Waals surface area contributed by atoms with Crippen molar-refractivity contribution in [3.05, 3.63) is 34.5 Å². The molecule has 4 heteroatoms. The van der Waals surface area contributed by atoms with Crippen molar-refractivity contribution in [2.45, 2.75) is 19.8 Å². The minimum absolute atomic E-state index is 0.355. The van der Waals surface area contributed by atoms with Crippen LogP contribution in [0.25, 0.3) is 10.4 Å². The number of azide groups is 1. The van der Waals surface area contributed by atoms with Gasteiger partial charge in [0.1, 0.15) is 0 Å². The predicted octanol–water partition coefficient (Wildman–Crippen LogP) is 3.15. The van der Waals surface area contributed by atoms with Crippen molar-refractivity contribution >= 4 is 5.69 Å². The highest BCUT2D eigenvalue weighted by Gasteiger charge is 2.03. The van der Waals surface area contributed by atoms with E-state index in [4.69, 9.17) is 5.53 Å². The normalized spacial score (nSPS) is 9.58. The average molecular weight is 162 g/mol. The van der Waals surface area contributed by atoms with Gasteiger partial charge in [0.15, 0.2) is 0 Å². The smallest absolute Gasteiger partial charge is 0.0593 e. The Morgan fingerprint density at radius 3 is 2.92 bits per heavy atom. The van der Waals surface area contributed by atoms with E-state index < -0.39 is 0 Å². The van der Waals surface area contributed by atoms with Crippen LogP contribution >= 0.6 is 0 Å². The molecule has 4 nitrogen and oxygen atoms in total. The van der Waals surface area contributed by atoms with E-state index in [2.05, 4.69) is 15.0 Å². The zero-order chi connectivity index (χ0) is 8.97. The van der Waals surface area contributed by atoms with Crippen LogP contribution in [0.1, 0.15) is 25.3 Å². The van der Waals surface area contributed by atoms with Crippen LogP contribution in [0.5, 0.6) is 0 Å². The standard InChI is InChI=1S/C8H10N4/c1-6(2)7-3-4-10-5-8(7)11-12-9/h3-6H,1-2H3. The lowest BCUT2D eigenvalue weighted by molar-refractivity contribution is 0.862. The summed E-state index contributed by atoms with van der Waals surface area (Å²) in [6.07, 6.45) is 3.28. The maximum Gasteiger partial charge on any atom is 0.0593 e. The molecule has 0 aliphatic rings. The van der Waals surface area contributed by atoms with Gasteiger partial charge in [-0.05, 0) is 23.1 Å². The molecule has 1 heterocycles. The van der Waals surface area contributed by atoms with Gasteiger partial charge >= 0.3 is 0 Å². The number of pyridine rings is 1. The molecule has 1 rings (SSSR count). The van der Waals surface area contributed by atoms with Gasteiger partial charge in [0.2, 0.25) is 0 Å². The largest absolute Gasteiger partial charge is 0.264 e. The Hall–Kier alpha value is -1.54. The molecular weight excluding hydrogens is 152 g/mol. The summed E-state index contributed by atoms with van der Waals surface area (Å²) in [5.74, 6) is 0.355. The first-order chi connectivity index (χ1) is 5.75. The molecule has 0 saturated carbocycles. The third-order valence-corrected chi connectivity index (χ3v) is 1.61. The molecule has 62 valence electrons. The SMILES string of the molecule is CC(C)c1ccncc1N=[N+]=[N-]. The molecular formula is C8H10N4. The van der Waals surface area contributed by atoms with Crippen LogP contribution in [0.4, 0.5) is 5.69 Å². The van der Waals surface area contributed by atoms with Crippen LogP contribution in [-0.2, 0) is 0 Å². The lowest BCUT2D eigenvalue weighted by Crippen LogP contribution is -1.87. The quantitative estimate of drug-likeness (QED) is 0.374. The van der Waals surface area contributed by atoms with E-state index >= 15 is 0 Å². The van der Waals surface area contributed by atoms with Crippen molar-refractivity contribution in [3.63, 3.8) is 0 Å². The molecule has 0 saturated heterocycles. The second-order valence-corrected chi connectivity index (χ2v) is 2.78.